The molecule has 20 heavy (non-hydrogen) atoms. The second-order valence-corrected chi connectivity index (χ2v) is 5.99. The molecule has 1 unspecified atom stereocenters. The topological polar surface area (TPSA) is 49.3 Å². The fourth-order valence-electron chi connectivity index (χ4n) is 2.86. The van der Waals surface area contributed by atoms with E-state index in [-0.39, 0.29) is 11.8 Å². The molecule has 0 saturated heterocycles. The first kappa shape index (κ1) is 15.0. The van der Waals surface area contributed by atoms with Crippen molar-refractivity contribution in [1.82, 2.24) is 5.32 Å². The summed E-state index contributed by atoms with van der Waals surface area (Å²) in [7, 11) is 0. The fraction of sp³-hybridized carbons (Fsp3) is 0.588. The van der Waals surface area contributed by atoms with Gasteiger partial charge in [-0.3, -0.25) is 4.79 Å². The molecular formula is C17H25NO2. The van der Waals surface area contributed by atoms with Crippen LogP contribution in [-0.4, -0.2) is 23.2 Å². The lowest BCUT2D eigenvalue weighted by atomic mass is 9.93. The minimum atomic E-state index is -0.706. The number of rotatable bonds is 4. The van der Waals surface area contributed by atoms with Gasteiger partial charge in [0.05, 0.1) is 11.5 Å². The van der Waals surface area contributed by atoms with E-state index in [1.54, 1.807) is 0 Å². The molecule has 1 aliphatic carbocycles. The molecule has 1 atom stereocenters. The van der Waals surface area contributed by atoms with E-state index in [1.165, 1.54) is 12.8 Å². The van der Waals surface area contributed by atoms with Crippen LogP contribution < -0.4 is 5.32 Å². The predicted octanol–water partition coefficient (Wildman–Crippen LogP) is 2.99. The van der Waals surface area contributed by atoms with Crippen LogP contribution >= 0.6 is 0 Å². The first-order valence-electron chi connectivity index (χ1n) is 7.66. The number of hydrogen-bond donors (Lipinski definition) is 2. The molecule has 1 aromatic rings. The second kappa shape index (κ2) is 6.89. The summed E-state index contributed by atoms with van der Waals surface area (Å²) in [5.74, 6) is -0.181. The molecule has 1 fully saturated rings. The Hall–Kier alpha value is -1.35. The van der Waals surface area contributed by atoms with Crippen molar-refractivity contribution in [1.29, 1.82) is 0 Å². The van der Waals surface area contributed by atoms with Crippen LogP contribution in [0, 0.1) is 0 Å². The zero-order valence-electron chi connectivity index (χ0n) is 12.3. The van der Waals surface area contributed by atoms with Gasteiger partial charge < -0.3 is 10.4 Å². The van der Waals surface area contributed by atoms with Gasteiger partial charge in [-0.15, -0.1) is 0 Å². The van der Waals surface area contributed by atoms with Crippen LogP contribution in [0.5, 0.6) is 0 Å². The quantitative estimate of drug-likeness (QED) is 0.830. The monoisotopic (exact) mass is 275 g/mol. The van der Waals surface area contributed by atoms with Gasteiger partial charge in [-0.2, -0.15) is 0 Å². The van der Waals surface area contributed by atoms with E-state index in [0.717, 1.165) is 31.2 Å². The molecule has 110 valence electrons. The SMILES string of the molecule is CC(C(=O)NCC1(O)CCCCCC1)c1ccccc1. The Morgan fingerprint density at radius 1 is 1.20 bits per heavy atom. The summed E-state index contributed by atoms with van der Waals surface area (Å²) in [4.78, 5) is 12.2. The predicted molar refractivity (Wildman–Crippen MR) is 80.5 cm³/mol. The van der Waals surface area contributed by atoms with Gasteiger partial charge in [-0.25, -0.2) is 0 Å². The van der Waals surface area contributed by atoms with Gasteiger partial charge in [-0.05, 0) is 25.3 Å². The lowest BCUT2D eigenvalue weighted by Crippen LogP contribution is -2.43. The largest absolute Gasteiger partial charge is 0.388 e. The number of benzene rings is 1. The minimum absolute atomic E-state index is 0.00567. The molecule has 1 amide bonds. The Bertz CT molecular complexity index is 422. The second-order valence-electron chi connectivity index (χ2n) is 5.99. The van der Waals surface area contributed by atoms with E-state index in [4.69, 9.17) is 0 Å². The Morgan fingerprint density at radius 2 is 1.80 bits per heavy atom. The maximum atomic E-state index is 12.2. The molecular weight excluding hydrogens is 250 g/mol. The van der Waals surface area contributed by atoms with E-state index in [9.17, 15) is 9.90 Å². The maximum absolute atomic E-state index is 12.2. The van der Waals surface area contributed by atoms with Crippen LogP contribution in [0.25, 0.3) is 0 Å². The van der Waals surface area contributed by atoms with Crippen LogP contribution in [0.15, 0.2) is 30.3 Å². The smallest absolute Gasteiger partial charge is 0.227 e. The number of aliphatic hydroxyl groups is 1. The van der Waals surface area contributed by atoms with Crippen LogP contribution in [0.4, 0.5) is 0 Å². The molecule has 0 spiro atoms. The summed E-state index contributed by atoms with van der Waals surface area (Å²) < 4.78 is 0. The molecule has 1 saturated carbocycles. The zero-order valence-corrected chi connectivity index (χ0v) is 12.3. The van der Waals surface area contributed by atoms with Gasteiger partial charge in [0.2, 0.25) is 5.91 Å². The standard InChI is InChI=1S/C17H25NO2/c1-14(15-9-5-4-6-10-15)16(19)18-13-17(20)11-7-2-3-8-12-17/h4-6,9-10,14,20H,2-3,7-8,11-13H2,1H3,(H,18,19). The normalized spacial score (nSPS) is 19.9. The van der Waals surface area contributed by atoms with Gasteiger partial charge in [0.15, 0.2) is 0 Å². The first-order chi connectivity index (χ1) is 9.61. The first-order valence-corrected chi connectivity index (χ1v) is 7.66. The summed E-state index contributed by atoms with van der Waals surface area (Å²) in [6.07, 6.45) is 6.09. The molecule has 1 aromatic carbocycles. The molecule has 0 aliphatic heterocycles. The molecule has 0 bridgehead atoms. The molecule has 2 N–H and O–H groups in total. The molecule has 2 rings (SSSR count). The summed E-state index contributed by atoms with van der Waals surface area (Å²) in [6, 6.07) is 9.76. The van der Waals surface area contributed by atoms with Crippen LogP contribution in [0.1, 0.15) is 56.9 Å². The van der Waals surface area contributed by atoms with Crippen LogP contribution in [0.2, 0.25) is 0 Å². The van der Waals surface area contributed by atoms with E-state index >= 15 is 0 Å². The number of hydrogen-bond acceptors (Lipinski definition) is 2. The van der Waals surface area contributed by atoms with Gasteiger partial charge in [0, 0.05) is 6.54 Å². The summed E-state index contributed by atoms with van der Waals surface area (Å²) in [5, 5.41) is 13.5. The van der Waals surface area contributed by atoms with Crippen molar-refractivity contribution in [3.8, 4) is 0 Å². The summed E-state index contributed by atoms with van der Waals surface area (Å²) in [5.41, 5.74) is 0.306. The van der Waals surface area contributed by atoms with Crippen molar-refractivity contribution in [2.75, 3.05) is 6.54 Å². The van der Waals surface area contributed by atoms with Crippen molar-refractivity contribution in [3.63, 3.8) is 0 Å². The lowest BCUT2D eigenvalue weighted by Gasteiger charge is -2.27. The maximum Gasteiger partial charge on any atom is 0.227 e. The number of amides is 1. The van der Waals surface area contributed by atoms with Crippen LogP contribution in [-0.2, 0) is 4.79 Å². The fourth-order valence-corrected chi connectivity index (χ4v) is 2.86. The molecule has 3 heteroatoms. The van der Waals surface area contributed by atoms with Crippen molar-refractivity contribution in [2.45, 2.75) is 57.0 Å². The highest BCUT2D eigenvalue weighted by Gasteiger charge is 2.29. The van der Waals surface area contributed by atoms with Gasteiger partial charge in [0.1, 0.15) is 0 Å². The van der Waals surface area contributed by atoms with Crippen molar-refractivity contribution in [2.24, 2.45) is 0 Å². The molecule has 3 nitrogen and oxygen atoms in total. The average Bonchev–Trinajstić information content (AvgIpc) is 2.70. The molecule has 0 aromatic heterocycles. The van der Waals surface area contributed by atoms with Gasteiger partial charge in [-0.1, -0.05) is 56.0 Å². The minimum Gasteiger partial charge on any atom is -0.388 e. The molecule has 0 radical (unpaired) electrons. The third-order valence-electron chi connectivity index (χ3n) is 4.32. The average molecular weight is 275 g/mol. The number of carbonyl (C=O) groups excluding carboxylic acids is 1. The summed E-state index contributed by atoms with van der Waals surface area (Å²) >= 11 is 0. The third kappa shape index (κ3) is 4.07. The Morgan fingerprint density at radius 3 is 2.40 bits per heavy atom. The highest BCUT2D eigenvalue weighted by atomic mass is 16.3. The Balaban J connectivity index is 1.88. The van der Waals surface area contributed by atoms with Gasteiger partial charge >= 0.3 is 0 Å². The highest BCUT2D eigenvalue weighted by molar-refractivity contribution is 5.83. The van der Waals surface area contributed by atoms with Crippen molar-refractivity contribution >= 4 is 5.91 Å². The van der Waals surface area contributed by atoms with E-state index in [0.29, 0.717) is 6.54 Å². The molecule has 1 aliphatic rings. The van der Waals surface area contributed by atoms with Gasteiger partial charge in [0.25, 0.3) is 0 Å². The molecule has 0 heterocycles. The van der Waals surface area contributed by atoms with Crippen molar-refractivity contribution < 1.29 is 9.90 Å². The van der Waals surface area contributed by atoms with E-state index in [2.05, 4.69) is 5.32 Å². The lowest BCUT2D eigenvalue weighted by molar-refractivity contribution is -0.123. The number of carbonyl (C=O) groups is 1. The Kier molecular flexibility index (Phi) is 5.18. The summed E-state index contributed by atoms with van der Waals surface area (Å²) in [6.45, 7) is 2.28. The third-order valence-corrected chi connectivity index (χ3v) is 4.32. The number of nitrogens with one attached hydrogen (secondary N) is 1. The highest BCUT2D eigenvalue weighted by Crippen LogP contribution is 2.26. The zero-order chi connectivity index (χ0) is 14.4. The van der Waals surface area contributed by atoms with Crippen LogP contribution in [0.3, 0.4) is 0 Å². The Labute approximate surface area is 121 Å². The van der Waals surface area contributed by atoms with E-state index in [1.807, 2.05) is 37.3 Å². The van der Waals surface area contributed by atoms with Crippen molar-refractivity contribution in [3.05, 3.63) is 35.9 Å². The van der Waals surface area contributed by atoms with E-state index < -0.39 is 5.60 Å².